The first-order valence-corrected chi connectivity index (χ1v) is 11.2. The first-order valence-electron chi connectivity index (χ1n) is 11.2. The van der Waals surface area contributed by atoms with Gasteiger partial charge in [-0.1, -0.05) is 30.3 Å². The SMILES string of the molecule is CNCc1ccc(C(=N)/C=C(\O)c2nc(-c3c[nH]c(=O)c(C4=CCCCC4)c3)cnc2N)cc1. The van der Waals surface area contributed by atoms with Gasteiger partial charge in [0.15, 0.2) is 5.82 Å². The third-order valence-electron chi connectivity index (χ3n) is 5.81. The van der Waals surface area contributed by atoms with E-state index in [1.807, 2.05) is 31.3 Å². The van der Waals surface area contributed by atoms with E-state index >= 15 is 0 Å². The van der Waals surface area contributed by atoms with E-state index in [0.717, 1.165) is 43.4 Å². The highest BCUT2D eigenvalue weighted by molar-refractivity contribution is 6.09. The minimum atomic E-state index is -0.254. The second-order valence-corrected chi connectivity index (χ2v) is 8.27. The number of nitrogens with one attached hydrogen (secondary N) is 3. The molecule has 0 aliphatic heterocycles. The molecule has 0 bridgehead atoms. The van der Waals surface area contributed by atoms with E-state index in [2.05, 4.69) is 26.3 Å². The number of H-pyrrole nitrogens is 1. The van der Waals surface area contributed by atoms with E-state index in [4.69, 9.17) is 11.1 Å². The van der Waals surface area contributed by atoms with Crippen LogP contribution in [0.25, 0.3) is 22.6 Å². The van der Waals surface area contributed by atoms with Crippen molar-refractivity contribution >= 4 is 22.9 Å². The molecule has 4 rings (SSSR count). The van der Waals surface area contributed by atoms with Crippen LogP contribution in [0.3, 0.4) is 0 Å². The molecule has 0 amide bonds. The fourth-order valence-electron chi connectivity index (χ4n) is 3.97. The van der Waals surface area contributed by atoms with Gasteiger partial charge in [0.25, 0.3) is 5.56 Å². The zero-order chi connectivity index (χ0) is 24.1. The topological polar surface area (TPSA) is 141 Å². The Balaban J connectivity index is 1.64. The maximum Gasteiger partial charge on any atom is 0.255 e. The van der Waals surface area contributed by atoms with Gasteiger partial charge in [0.1, 0.15) is 11.5 Å². The molecule has 3 aromatic rings. The van der Waals surface area contributed by atoms with E-state index in [-0.39, 0.29) is 28.5 Å². The number of pyridine rings is 1. The first-order chi connectivity index (χ1) is 16.5. The zero-order valence-corrected chi connectivity index (χ0v) is 19.1. The van der Waals surface area contributed by atoms with Crippen molar-refractivity contribution in [1.29, 1.82) is 5.41 Å². The summed E-state index contributed by atoms with van der Waals surface area (Å²) in [7, 11) is 1.87. The van der Waals surface area contributed by atoms with Gasteiger partial charge in [0.2, 0.25) is 0 Å². The molecular weight excluding hydrogens is 428 g/mol. The van der Waals surface area contributed by atoms with Gasteiger partial charge in [0, 0.05) is 29.9 Å². The second kappa shape index (κ2) is 10.3. The summed E-state index contributed by atoms with van der Waals surface area (Å²) >= 11 is 0. The Morgan fingerprint density at radius 3 is 2.79 bits per heavy atom. The number of anilines is 1. The number of aliphatic hydroxyl groups excluding tert-OH is 1. The van der Waals surface area contributed by atoms with Crippen molar-refractivity contribution in [3.63, 3.8) is 0 Å². The van der Waals surface area contributed by atoms with Crippen LogP contribution in [0.2, 0.25) is 0 Å². The Kier molecular flexibility index (Phi) is 6.98. The van der Waals surface area contributed by atoms with Crippen LogP contribution in [0.5, 0.6) is 0 Å². The summed E-state index contributed by atoms with van der Waals surface area (Å²) in [6.07, 6.45) is 10.5. The maximum atomic E-state index is 12.4. The smallest absolute Gasteiger partial charge is 0.255 e. The molecule has 0 fully saturated rings. The number of benzene rings is 1. The summed E-state index contributed by atoms with van der Waals surface area (Å²) in [6, 6.07) is 9.30. The highest BCUT2D eigenvalue weighted by atomic mass is 16.3. The van der Waals surface area contributed by atoms with Crippen LogP contribution in [-0.4, -0.2) is 32.8 Å². The normalized spacial score (nSPS) is 14.0. The number of allylic oxidation sites excluding steroid dienone is 3. The molecule has 1 aliphatic rings. The predicted molar refractivity (Wildman–Crippen MR) is 136 cm³/mol. The van der Waals surface area contributed by atoms with Gasteiger partial charge in [-0.2, -0.15) is 0 Å². The Morgan fingerprint density at radius 1 is 1.29 bits per heavy atom. The van der Waals surface area contributed by atoms with Gasteiger partial charge in [-0.05, 0) is 55.5 Å². The lowest BCUT2D eigenvalue weighted by Gasteiger charge is -2.13. The first kappa shape index (κ1) is 23.1. The quantitative estimate of drug-likeness (QED) is 0.268. The van der Waals surface area contributed by atoms with Crippen molar-refractivity contribution < 1.29 is 5.11 Å². The summed E-state index contributed by atoms with van der Waals surface area (Å²) in [4.78, 5) is 23.9. The summed E-state index contributed by atoms with van der Waals surface area (Å²) in [6.45, 7) is 0.734. The lowest BCUT2D eigenvalue weighted by Crippen LogP contribution is -2.13. The standard InChI is InChI=1S/C26H28N6O2/c1-29-13-16-7-9-18(10-8-16)21(27)12-23(33)24-25(28)30-15-22(32-24)19-11-20(26(34)31-14-19)17-5-3-2-4-6-17/h5,7-12,14-15,27,29,33H,2-4,6,13H2,1H3,(H2,28,30)(H,31,34)/b23-12-,27-21?. The Bertz CT molecular complexity index is 1320. The summed E-state index contributed by atoms with van der Waals surface area (Å²) in [5.41, 5.74) is 10.6. The molecule has 0 saturated carbocycles. The molecule has 8 heteroatoms. The van der Waals surface area contributed by atoms with E-state index in [1.54, 1.807) is 12.3 Å². The molecule has 0 saturated heterocycles. The van der Waals surface area contributed by atoms with Crippen LogP contribution in [0.15, 0.2) is 59.7 Å². The summed E-state index contributed by atoms with van der Waals surface area (Å²) in [5.74, 6) is -0.204. The van der Waals surface area contributed by atoms with E-state index < -0.39 is 0 Å². The Hall–Kier alpha value is -4.04. The van der Waals surface area contributed by atoms with Crippen LogP contribution in [0, 0.1) is 5.41 Å². The molecular formula is C26H28N6O2. The van der Waals surface area contributed by atoms with E-state index in [0.29, 0.717) is 22.4 Å². The fraction of sp³-hybridized carbons (Fsp3) is 0.231. The molecule has 0 atom stereocenters. The lowest BCUT2D eigenvalue weighted by molar-refractivity contribution is 0.509. The highest BCUT2D eigenvalue weighted by Gasteiger charge is 2.15. The van der Waals surface area contributed by atoms with Crippen LogP contribution >= 0.6 is 0 Å². The summed E-state index contributed by atoms with van der Waals surface area (Å²) < 4.78 is 0. The molecule has 2 aromatic heterocycles. The lowest BCUT2D eigenvalue weighted by atomic mass is 9.93. The Labute approximate surface area is 197 Å². The monoisotopic (exact) mass is 456 g/mol. The van der Waals surface area contributed by atoms with Crippen LogP contribution in [0.1, 0.15) is 48.1 Å². The number of hydrogen-bond donors (Lipinski definition) is 5. The molecule has 8 nitrogen and oxygen atoms in total. The molecule has 6 N–H and O–H groups in total. The molecule has 2 heterocycles. The fourth-order valence-corrected chi connectivity index (χ4v) is 3.97. The van der Waals surface area contributed by atoms with Crippen molar-refractivity contribution in [2.45, 2.75) is 32.2 Å². The summed E-state index contributed by atoms with van der Waals surface area (Å²) in [5, 5.41) is 22.1. The minimum absolute atomic E-state index is 0.0503. The van der Waals surface area contributed by atoms with Crippen LogP contribution in [-0.2, 0) is 6.54 Å². The number of nitrogens with zero attached hydrogens (tertiary/aromatic N) is 2. The van der Waals surface area contributed by atoms with Gasteiger partial charge >= 0.3 is 0 Å². The molecule has 0 radical (unpaired) electrons. The molecule has 1 aromatic carbocycles. The number of rotatable bonds is 7. The molecule has 1 aliphatic carbocycles. The third-order valence-corrected chi connectivity index (χ3v) is 5.81. The number of nitrogens with two attached hydrogens (primary N) is 1. The predicted octanol–water partition coefficient (Wildman–Crippen LogP) is 4.06. The van der Waals surface area contributed by atoms with Gasteiger partial charge in [-0.3, -0.25) is 4.79 Å². The van der Waals surface area contributed by atoms with Crippen LogP contribution in [0.4, 0.5) is 5.82 Å². The maximum absolute atomic E-state index is 12.4. The number of hydrogen-bond acceptors (Lipinski definition) is 7. The molecule has 34 heavy (non-hydrogen) atoms. The van der Waals surface area contributed by atoms with E-state index in [1.165, 1.54) is 12.3 Å². The number of aliphatic hydroxyl groups is 1. The number of aromatic amines is 1. The van der Waals surface area contributed by atoms with Crippen molar-refractivity contribution in [2.24, 2.45) is 0 Å². The number of aromatic nitrogens is 3. The van der Waals surface area contributed by atoms with Gasteiger partial charge in [-0.25, -0.2) is 9.97 Å². The van der Waals surface area contributed by atoms with Gasteiger partial charge in [-0.15, -0.1) is 0 Å². The van der Waals surface area contributed by atoms with E-state index in [9.17, 15) is 9.90 Å². The molecule has 0 unspecified atom stereocenters. The second-order valence-electron chi connectivity index (χ2n) is 8.27. The van der Waals surface area contributed by atoms with Crippen molar-refractivity contribution in [3.05, 3.63) is 87.6 Å². The minimum Gasteiger partial charge on any atom is -0.505 e. The number of nitrogen functional groups attached to an aromatic ring is 1. The van der Waals surface area contributed by atoms with Crippen molar-refractivity contribution in [2.75, 3.05) is 12.8 Å². The average Bonchev–Trinajstić information content (AvgIpc) is 2.86. The largest absolute Gasteiger partial charge is 0.505 e. The van der Waals surface area contributed by atoms with Crippen molar-refractivity contribution in [1.82, 2.24) is 20.3 Å². The average molecular weight is 457 g/mol. The third kappa shape index (κ3) is 5.13. The highest BCUT2D eigenvalue weighted by Crippen LogP contribution is 2.27. The van der Waals surface area contributed by atoms with Gasteiger partial charge < -0.3 is 26.6 Å². The van der Waals surface area contributed by atoms with Crippen LogP contribution < -0.4 is 16.6 Å². The van der Waals surface area contributed by atoms with Gasteiger partial charge in [0.05, 0.1) is 17.6 Å². The molecule has 174 valence electrons. The molecule has 0 spiro atoms. The zero-order valence-electron chi connectivity index (χ0n) is 19.1. The van der Waals surface area contributed by atoms with Crippen molar-refractivity contribution in [3.8, 4) is 11.3 Å². The Morgan fingerprint density at radius 2 is 2.09 bits per heavy atom.